The maximum absolute atomic E-state index is 14.3. The molecule has 3 heterocycles. The molecule has 1 aliphatic heterocycles. The third-order valence-electron chi connectivity index (χ3n) is 7.69. The second-order valence-electron chi connectivity index (χ2n) is 11.7. The van der Waals surface area contributed by atoms with E-state index in [1.54, 1.807) is 56.8 Å². The number of amides is 3. The van der Waals surface area contributed by atoms with Crippen molar-refractivity contribution >= 4 is 29.3 Å². The first-order valence-electron chi connectivity index (χ1n) is 14.8. The third-order valence-corrected chi connectivity index (χ3v) is 7.69. The van der Waals surface area contributed by atoms with Gasteiger partial charge in [0.05, 0.1) is 24.8 Å². The molecule has 0 aliphatic carbocycles. The highest BCUT2D eigenvalue weighted by atomic mass is 19.3. The number of nitrogens with one attached hydrogen (secondary N) is 1. The Bertz CT molecular complexity index is 1700. The van der Waals surface area contributed by atoms with Crippen LogP contribution in [-0.2, 0) is 10.7 Å². The van der Waals surface area contributed by atoms with Crippen molar-refractivity contribution in [2.24, 2.45) is 0 Å². The van der Waals surface area contributed by atoms with Gasteiger partial charge in [0.15, 0.2) is 12.3 Å². The summed E-state index contributed by atoms with van der Waals surface area (Å²) in [5.41, 5.74) is 2.97. The van der Waals surface area contributed by atoms with Crippen LogP contribution in [0.15, 0.2) is 61.4 Å². The predicted octanol–water partition coefficient (Wildman–Crippen LogP) is 4.78. The van der Waals surface area contributed by atoms with Gasteiger partial charge in [0.1, 0.15) is 23.4 Å². The Balaban J connectivity index is 1.56. The molecule has 4 rings (SSSR count). The molecule has 0 fully saturated rings. The summed E-state index contributed by atoms with van der Waals surface area (Å²) in [6.45, 7) is 11.6. The number of aryl methyl sites for hydroxylation is 2. The minimum Gasteiger partial charge on any atom is -0.483 e. The summed E-state index contributed by atoms with van der Waals surface area (Å²) in [6, 6.07) is 9.46. The van der Waals surface area contributed by atoms with E-state index in [1.807, 2.05) is 6.92 Å². The molecular weight excluding hydrogens is 594 g/mol. The van der Waals surface area contributed by atoms with E-state index in [0.29, 0.717) is 60.0 Å². The summed E-state index contributed by atoms with van der Waals surface area (Å²) in [7, 11) is 3.29. The lowest BCUT2D eigenvalue weighted by atomic mass is 10.0. The Morgan fingerprint density at radius 3 is 2.48 bits per heavy atom. The zero-order valence-electron chi connectivity index (χ0n) is 26.9. The van der Waals surface area contributed by atoms with Gasteiger partial charge in [0.2, 0.25) is 0 Å². The Kier molecular flexibility index (Phi) is 10.4. The van der Waals surface area contributed by atoms with Gasteiger partial charge in [-0.2, -0.15) is 4.58 Å². The summed E-state index contributed by atoms with van der Waals surface area (Å²) in [4.78, 5) is 49.8. The summed E-state index contributed by atoms with van der Waals surface area (Å²) in [5.74, 6) is -3.24. The number of ether oxygens (including phenoxy) is 1. The fraction of sp³-hybridized carbons (Fsp3) is 0.353. The molecule has 0 bridgehead atoms. The average Bonchev–Trinajstić information content (AvgIpc) is 3.00. The van der Waals surface area contributed by atoms with Crippen molar-refractivity contribution in [1.29, 1.82) is 0 Å². The highest BCUT2D eigenvalue weighted by Gasteiger charge is 2.30. The van der Waals surface area contributed by atoms with Gasteiger partial charge in [0.25, 0.3) is 17.7 Å². The normalized spacial score (nSPS) is 14.4. The molecule has 1 aliphatic rings. The van der Waals surface area contributed by atoms with Gasteiger partial charge >= 0.3 is 5.91 Å². The molecule has 0 unspecified atom stereocenters. The molecule has 1 atom stereocenters. The first-order valence-corrected chi connectivity index (χ1v) is 14.8. The molecule has 0 saturated heterocycles. The van der Waals surface area contributed by atoms with E-state index in [2.05, 4.69) is 26.8 Å². The number of rotatable bonds is 10. The second-order valence-corrected chi connectivity index (χ2v) is 11.7. The molecular formula is C34H39F2N6O4+. The maximum Gasteiger partial charge on any atom is 0.411 e. The molecule has 0 spiro atoms. The Morgan fingerprint density at radius 1 is 1.13 bits per heavy atom. The first kappa shape index (κ1) is 34.0. The van der Waals surface area contributed by atoms with Crippen LogP contribution in [0.25, 0.3) is 0 Å². The molecule has 2 aromatic heterocycles. The lowest BCUT2D eigenvalue weighted by Gasteiger charge is -2.30. The Labute approximate surface area is 267 Å². The van der Waals surface area contributed by atoms with E-state index in [1.165, 1.54) is 35.5 Å². The van der Waals surface area contributed by atoms with E-state index in [9.17, 15) is 23.2 Å². The van der Waals surface area contributed by atoms with Crippen LogP contribution in [0, 0.1) is 13.8 Å². The SMILES string of the molecule is C=CC(=O)[N+]1=C(C)CN(C[C@H](Oc2cnc(C(=O)Nc3ncc(C(=O)N(C)C)cc3C)c(C)c2)c2cccc(C(C)(F)F)c2)CC1. The van der Waals surface area contributed by atoms with E-state index in [-0.39, 0.29) is 23.1 Å². The van der Waals surface area contributed by atoms with Crippen molar-refractivity contribution in [3.8, 4) is 5.75 Å². The quantitative estimate of drug-likeness (QED) is 0.253. The van der Waals surface area contributed by atoms with Crippen molar-refractivity contribution in [3.05, 3.63) is 95.0 Å². The number of halogens is 2. The highest BCUT2D eigenvalue weighted by molar-refractivity contribution is 6.04. The number of anilines is 1. The number of aromatic nitrogens is 2. The highest BCUT2D eigenvalue weighted by Crippen LogP contribution is 2.31. The Morgan fingerprint density at radius 2 is 1.87 bits per heavy atom. The van der Waals surface area contributed by atoms with Gasteiger partial charge in [-0.05, 0) is 48.7 Å². The number of benzene rings is 1. The van der Waals surface area contributed by atoms with Crippen molar-refractivity contribution in [2.45, 2.75) is 39.7 Å². The zero-order chi connectivity index (χ0) is 33.8. The molecule has 0 saturated carbocycles. The van der Waals surface area contributed by atoms with Gasteiger partial charge in [-0.15, -0.1) is 0 Å². The number of pyridine rings is 2. The number of carbonyl (C=O) groups is 3. The van der Waals surface area contributed by atoms with Crippen LogP contribution >= 0.6 is 0 Å². The molecule has 0 radical (unpaired) electrons. The van der Waals surface area contributed by atoms with Crippen molar-refractivity contribution in [2.75, 3.05) is 45.6 Å². The van der Waals surface area contributed by atoms with Crippen LogP contribution in [0.2, 0.25) is 0 Å². The summed E-state index contributed by atoms with van der Waals surface area (Å²) in [5, 5.41) is 2.75. The predicted molar refractivity (Wildman–Crippen MR) is 171 cm³/mol. The van der Waals surface area contributed by atoms with Crippen LogP contribution in [-0.4, -0.2) is 88.1 Å². The van der Waals surface area contributed by atoms with E-state index in [0.717, 1.165) is 12.6 Å². The third kappa shape index (κ3) is 8.05. The topological polar surface area (TPSA) is 108 Å². The molecule has 3 aromatic rings. The standard InChI is InChI=1S/C34H38F2N6O4/c1-8-29(43)42-13-12-41(19-23(42)4)20-28(24-10-9-11-26(16-24)34(5,35)36)46-27-15-21(2)30(37-18-27)32(44)39-31-22(3)14-25(17-38-31)33(45)40(6)7/h8-11,14-18,28H,1,12-13,19-20H2,2-7H3/p+1/t28-/m0/s1. The van der Waals surface area contributed by atoms with Crippen LogP contribution < -0.4 is 10.1 Å². The minimum absolute atomic E-state index is 0.132. The lowest BCUT2D eigenvalue weighted by Crippen LogP contribution is -2.47. The Hall–Kier alpha value is -4.84. The van der Waals surface area contributed by atoms with Crippen LogP contribution in [0.4, 0.5) is 14.6 Å². The van der Waals surface area contributed by atoms with Crippen LogP contribution in [0.3, 0.4) is 0 Å². The molecule has 242 valence electrons. The molecule has 12 heteroatoms. The van der Waals surface area contributed by atoms with Gasteiger partial charge in [0, 0.05) is 52.3 Å². The van der Waals surface area contributed by atoms with Crippen LogP contribution in [0.1, 0.15) is 63.1 Å². The van der Waals surface area contributed by atoms with Gasteiger partial charge in [-0.25, -0.2) is 23.5 Å². The molecule has 1 aromatic carbocycles. The van der Waals surface area contributed by atoms with Crippen molar-refractivity contribution in [3.63, 3.8) is 0 Å². The summed E-state index contributed by atoms with van der Waals surface area (Å²) >= 11 is 0. The van der Waals surface area contributed by atoms with E-state index in [4.69, 9.17) is 4.74 Å². The monoisotopic (exact) mass is 633 g/mol. The maximum atomic E-state index is 14.3. The lowest BCUT2D eigenvalue weighted by molar-refractivity contribution is -0.451. The zero-order valence-corrected chi connectivity index (χ0v) is 26.9. The fourth-order valence-electron chi connectivity index (χ4n) is 5.20. The van der Waals surface area contributed by atoms with Crippen molar-refractivity contribution in [1.82, 2.24) is 19.8 Å². The molecule has 3 amide bonds. The number of hydrogen-bond acceptors (Lipinski definition) is 7. The minimum atomic E-state index is -3.04. The van der Waals surface area contributed by atoms with Gasteiger partial charge in [-0.1, -0.05) is 24.8 Å². The van der Waals surface area contributed by atoms with E-state index < -0.39 is 17.9 Å². The first-order chi connectivity index (χ1) is 21.7. The summed E-state index contributed by atoms with van der Waals surface area (Å²) in [6.07, 6.45) is 3.45. The summed E-state index contributed by atoms with van der Waals surface area (Å²) < 4.78 is 36.6. The molecule has 10 nitrogen and oxygen atoms in total. The smallest absolute Gasteiger partial charge is 0.411 e. The largest absolute Gasteiger partial charge is 0.483 e. The molecule has 46 heavy (non-hydrogen) atoms. The van der Waals surface area contributed by atoms with Gasteiger partial charge in [-0.3, -0.25) is 14.5 Å². The number of nitrogens with zero attached hydrogens (tertiary/aromatic N) is 5. The number of alkyl halides is 2. The molecule has 1 N–H and O–H groups in total. The van der Waals surface area contributed by atoms with E-state index >= 15 is 0 Å². The average molecular weight is 634 g/mol. The number of carbonyl (C=O) groups excluding carboxylic acids is 3. The van der Waals surface area contributed by atoms with Crippen molar-refractivity contribution < 1.29 is 32.5 Å². The second kappa shape index (κ2) is 14.1. The van der Waals surface area contributed by atoms with Gasteiger partial charge < -0.3 is 15.0 Å². The number of hydrogen-bond donors (Lipinski definition) is 1. The fourth-order valence-corrected chi connectivity index (χ4v) is 5.20. The van der Waals surface area contributed by atoms with Crippen LogP contribution in [0.5, 0.6) is 5.75 Å².